The maximum Gasteiger partial charge on any atom is 0.251 e. The molecular formula is C14H18N4O. The van der Waals surface area contributed by atoms with Gasteiger partial charge >= 0.3 is 0 Å². The van der Waals surface area contributed by atoms with Gasteiger partial charge in [-0.15, -0.1) is 0 Å². The highest BCUT2D eigenvalue weighted by atomic mass is 16.1. The predicted molar refractivity (Wildman–Crippen MR) is 75.5 cm³/mol. The molecule has 0 aliphatic carbocycles. The molecule has 2 aromatic rings. The van der Waals surface area contributed by atoms with Gasteiger partial charge in [-0.05, 0) is 39.0 Å². The largest absolute Gasteiger partial charge is 0.397 e. The summed E-state index contributed by atoms with van der Waals surface area (Å²) >= 11 is 0. The van der Waals surface area contributed by atoms with Gasteiger partial charge in [-0.2, -0.15) is 0 Å². The summed E-state index contributed by atoms with van der Waals surface area (Å²) in [5.74, 6) is -0.112. The molecule has 1 heterocycles. The Labute approximate surface area is 112 Å². The van der Waals surface area contributed by atoms with E-state index >= 15 is 0 Å². The summed E-state index contributed by atoms with van der Waals surface area (Å²) in [6.45, 7) is 6.41. The summed E-state index contributed by atoms with van der Waals surface area (Å²) in [5, 5.41) is 2.75. The molecule has 0 saturated heterocycles. The van der Waals surface area contributed by atoms with Gasteiger partial charge in [0.1, 0.15) is 0 Å². The van der Waals surface area contributed by atoms with Crippen molar-refractivity contribution < 1.29 is 4.79 Å². The number of nitrogens with two attached hydrogens (primary N) is 1. The normalized spacial score (nSPS) is 10.5. The van der Waals surface area contributed by atoms with Crippen LogP contribution in [0.5, 0.6) is 0 Å². The summed E-state index contributed by atoms with van der Waals surface area (Å²) in [6, 6.07) is 5.30. The number of amides is 1. The third kappa shape index (κ3) is 2.45. The lowest BCUT2D eigenvalue weighted by Gasteiger charge is -2.10. The van der Waals surface area contributed by atoms with Crippen LogP contribution in [0.1, 0.15) is 28.7 Å². The number of hydrogen-bond acceptors (Lipinski definition) is 3. The van der Waals surface area contributed by atoms with E-state index in [2.05, 4.69) is 10.3 Å². The molecule has 0 radical (unpaired) electrons. The number of aryl methyl sites for hydroxylation is 1. The molecule has 5 heteroatoms. The van der Waals surface area contributed by atoms with E-state index in [0.717, 1.165) is 17.1 Å². The van der Waals surface area contributed by atoms with Crippen molar-refractivity contribution in [3.05, 3.63) is 41.5 Å². The number of imidazole rings is 1. The minimum absolute atomic E-state index is 0.112. The van der Waals surface area contributed by atoms with Crippen LogP contribution in [-0.4, -0.2) is 22.0 Å². The van der Waals surface area contributed by atoms with E-state index in [1.807, 2.05) is 31.4 Å². The summed E-state index contributed by atoms with van der Waals surface area (Å²) in [7, 11) is 0. The summed E-state index contributed by atoms with van der Waals surface area (Å²) in [4.78, 5) is 16.0. The Kier molecular flexibility index (Phi) is 3.55. The molecule has 1 aromatic heterocycles. The second kappa shape index (κ2) is 5.14. The number of aromatic nitrogens is 2. The van der Waals surface area contributed by atoms with E-state index in [1.54, 1.807) is 18.5 Å². The number of nitrogens with one attached hydrogen (secondary N) is 1. The predicted octanol–water partition coefficient (Wildman–Crippen LogP) is 1.82. The number of nitrogens with zero attached hydrogens (tertiary/aromatic N) is 2. The average molecular weight is 258 g/mol. The number of benzene rings is 1. The van der Waals surface area contributed by atoms with Crippen LogP contribution in [0.3, 0.4) is 0 Å². The molecule has 0 fully saturated rings. The highest BCUT2D eigenvalue weighted by molar-refractivity contribution is 5.95. The maximum absolute atomic E-state index is 11.7. The molecule has 0 aliphatic heterocycles. The Morgan fingerprint density at radius 3 is 2.68 bits per heavy atom. The first-order chi connectivity index (χ1) is 9.04. The monoisotopic (exact) mass is 258 g/mol. The molecule has 1 amide bonds. The van der Waals surface area contributed by atoms with Crippen molar-refractivity contribution in [1.82, 2.24) is 14.9 Å². The fourth-order valence-corrected chi connectivity index (χ4v) is 1.92. The quantitative estimate of drug-likeness (QED) is 0.825. The zero-order valence-corrected chi connectivity index (χ0v) is 11.4. The smallest absolute Gasteiger partial charge is 0.251 e. The molecule has 100 valence electrons. The molecule has 0 atom stereocenters. The molecule has 3 N–H and O–H groups in total. The van der Waals surface area contributed by atoms with Gasteiger partial charge in [0.05, 0.1) is 23.4 Å². The van der Waals surface area contributed by atoms with Crippen LogP contribution in [0.15, 0.2) is 24.5 Å². The molecule has 0 bridgehead atoms. The van der Waals surface area contributed by atoms with Gasteiger partial charge in [0.15, 0.2) is 0 Å². The molecule has 0 saturated carbocycles. The van der Waals surface area contributed by atoms with Crippen LogP contribution in [0.25, 0.3) is 5.69 Å². The SMILES string of the molecule is CCNC(=O)c1ccc(-n2cnc(C)c2C)c(N)c1. The molecule has 0 spiro atoms. The number of anilines is 1. The highest BCUT2D eigenvalue weighted by Crippen LogP contribution is 2.21. The number of carbonyl (C=O) groups excluding carboxylic acids is 1. The third-order valence-corrected chi connectivity index (χ3v) is 3.14. The summed E-state index contributed by atoms with van der Waals surface area (Å²) in [6.07, 6.45) is 1.74. The zero-order chi connectivity index (χ0) is 14.0. The van der Waals surface area contributed by atoms with Crippen LogP contribution in [0.4, 0.5) is 5.69 Å². The standard InChI is InChI=1S/C14H18N4O/c1-4-16-14(19)11-5-6-13(12(15)7-11)18-8-17-9(2)10(18)3/h5-8H,4,15H2,1-3H3,(H,16,19). The van der Waals surface area contributed by atoms with Gasteiger partial charge in [-0.3, -0.25) is 4.79 Å². The number of carbonyl (C=O) groups is 1. The molecule has 1 aromatic carbocycles. The van der Waals surface area contributed by atoms with Crippen molar-refractivity contribution in [3.63, 3.8) is 0 Å². The van der Waals surface area contributed by atoms with Gasteiger partial charge in [-0.25, -0.2) is 4.98 Å². The zero-order valence-electron chi connectivity index (χ0n) is 11.4. The van der Waals surface area contributed by atoms with E-state index in [4.69, 9.17) is 5.73 Å². The second-order valence-electron chi connectivity index (χ2n) is 4.42. The lowest BCUT2D eigenvalue weighted by Crippen LogP contribution is -2.22. The van der Waals surface area contributed by atoms with Crippen LogP contribution in [0, 0.1) is 13.8 Å². The van der Waals surface area contributed by atoms with Crippen LogP contribution < -0.4 is 11.1 Å². The molecule has 19 heavy (non-hydrogen) atoms. The van der Waals surface area contributed by atoms with Gasteiger partial charge in [-0.1, -0.05) is 0 Å². The van der Waals surface area contributed by atoms with Crippen molar-refractivity contribution in [2.24, 2.45) is 0 Å². The lowest BCUT2D eigenvalue weighted by atomic mass is 10.1. The number of nitrogen functional groups attached to an aromatic ring is 1. The van der Waals surface area contributed by atoms with Gasteiger partial charge in [0.25, 0.3) is 5.91 Å². The molecule has 5 nitrogen and oxygen atoms in total. The van der Waals surface area contributed by atoms with E-state index in [1.165, 1.54) is 0 Å². The van der Waals surface area contributed by atoms with E-state index < -0.39 is 0 Å². The average Bonchev–Trinajstić information content (AvgIpc) is 2.70. The van der Waals surface area contributed by atoms with Crippen molar-refractivity contribution in [2.75, 3.05) is 12.3 Å². The Bertz CT molecular complexity index is 616. The van der Waals surface area contributed by atoms with Gasteiger partial charge < -0.3 is 15.6 Å². The van der Waals surface area contributed by atoms with Gasteiger partial charge in [0.2, 0.25) is 0 Å². The molecule has 0 aliphatic rings. The Morgan fingerprint density at radius 1 is 1.42 bits per heavy atom. The van der Waals surface area contributed by atoms with E-state index in [0.29, 0.717) is 17.8 Å². The first-order valence-corrected chi connectivity index (χ1v) is 6.23. The van der Waals surface area contributed by atoms with E-state index in [-0.39, 0.29) is 5.91 Å². The summed E-state index contributed by atoms with van der Waals surface area (Å²) < 4.78 is 1.92. The molecule has 0 unspecified atom stereocenters. The van der Waals surface area contributed by atoms with E-state index in [9.17, 15) is 4.79 Å². The van der Waals surface area contributed by atoms with Crippen molar-refractivity contribution in [1.29, 1.82) is 0 Å². The van der Waals surface area contributed by atoms with Crippen LogP contribution in [0.2, 0.25) is 0 Å². The second-order valence-corrected chi connectivity index (χ2v) is 4.42. The van der Waals surface area contributed by atoms with Crippen LogP contribution >= 0.6 is 0 Å². The van der Waals surface area contributed by atoms with Crippen molar-refractivity contribution in [2.45, 2.75) is 20.8 Å². The molecule has 2 rings (SSSR count). The first kappa shape index (κ1) is 13.1. The maximum atomic E-state index is 11.7. The molecular weight excluding hydrogens is 240 g/mol. The Morgan fingerprint density at radius 2 is 2.16 bits per heavy atom. The lowest BCUT2D eigenvalue weighted by molar-refractivity contribution is 0.0956. The third-order valence-electron chi connectivity index (χ3n) is 3.14. The fourth-order valence-electron chi connectivity index (χ4n) is 1.92. The Balaban J connectivity index is 2.40. The fraction of sp³-hybridized carbons (Fsp3) is 0.286. The van der Waals surface area contributed by atoms with Crippen LogP contribution in [-0.2, 0) is 0 Å². The summed E-state index contributed by atoms with van der Waals surface area (Å²) in [5.41, 5.74) is 10.0. The Hall–Kier alpha value is -2.30. The number of hydrogen-bond donors (Lipinski definition) is 2. The highest BCUT2D eigenvalue weighted by Gasteiger charge is 2.10. The topological polar surface area (TPSA) is 72.9 Å². The number of rotatable bonds is 3. The minimum atomic E-state index is -0.112. The minimum Gasteiger partial charge on any atom is -0.397 e. The first-order valence-electron chi connectivity index (χ1n) is 6.23. The van der Waals surface area contributed by atoms with Gasteiger partial charge in [0, 0.05) is 17.8 Å². The van der Waals surface area contributed by atoms with Crippen molar-refractivity contribution in [3.8, 4) is 5.69 Å². The van der Waals surface area contributed by atoms with Crippen molar-refractivity contribution >= 4 is 11.6 Å².